The van der Waals surface area contributed by atoms with Crippen molar-refractivity contribution in [2.75, 3.05) is 6.54 Å². The average Bonchev–Trinajstić information content (AvgIpc) is 2.99. The van der Waals surface area contributed by atoms with E-state index in [4.69, 9.17) is 0 Å². The van der Waals surface area contributed by atoms with Crippen molar-refractivity contribution in [1.82, 2.24) is 5.32 Å². The molecule has 1 heterocycles. The molecule has 3 unspecified atom stereocenters. The number of thiophene rings is 1. The summed E-state index contributed by atoms with van der Waals surface area (Å²) in [5.74, 6) is -3.24. The molecule has 0 saturated heterocycles. The van der Waals surface area contributed by atoms with E-state index in [0.717, 1.165) is 0 Å². The second-order valence-electron chi connectivity index (χ2n) is 6.01. The van der Waals surface area contributed by atoms with Crippen molar-refractivity contribution < 1.29 is 23.1 Å². The van der Waals surface area contributed by atoms with Gasteiger partial charge >= 0.3 is 6.18 Å². The van der Waals surface area contributed by atoms with Crippen molar-refractivity contribution in [2.45, 2.75) is 44.4 Å². The smallest absolute Gasteiger partial charge is 0.383 e. The van der Waals surface area contributed by atoms with Crippen LogP contribution in [0.3, 0.4) is 0 Å². The summed E-state index contributed by atoms with van der Waals surface area (Å²) in [5, 5.41) is 14.6. The maximum atomic E-state index is 13.0. The van der Waals surface area contributed by atoms with E-state index in [0.29, 0.717) is 17.7 Å². The standard InChI is InChI=1S/C15H20F3NO2S/c1-14(21,12-7-4-8-22-12)9-19-13(20)10-5-2-3-6-11(10)15(16,17)18/h4,7-8,10-11,21H,2-3,5-6,9H2,1H3,(H,19,20). The molecule has 3 nitrogen and oxygen atoms in total. The first kappa shape index (κ1) is 17.3. The van der Waals surface area contributed by atoms with E-state index >= 15 is 0 Å². The summed E-state index contributed by atoms with van der Waals surface area (Å²) < 4.78 is 39.1. The highest BCUT2D eigenvalue weighted by Crippen LogP contribution is 2.41. The molecular weight excluding hydrogens is 315 g/mol. The number of alkyl halides is 3. The van der Waals surface area contributed by atoms with Crippen molar-refractivity contribution in [3.63, 3.8) is 0 Å². The van der Waals surface area contributed by atoms with Crippen LogP contribution >= 0.6 is 11.3 Å². The molecule has 1 amide bonds. The Labute approximate surface area is 131 Å². The molecule has 0 radical (unpaired) electrons. The largest absolute Gasteiger partial charge is 0.392 e. The lowest BCUT2D eigenvalue weighted by Crippen LogP contribution is -2.46. The van der Waals surface area contributed by atoms with Gasteiger partial charge in [0.25, 0.3) is 0 Å². The summed E-state index contributed by atoms with van der Waals surface area (Å²) in [7, 11) is 0. The third kappa shape index (κ3) is 4.01. The van der Waals surface area contributed by atoms with E-state index in [1.54, 1.807) is 24.4 Å². The number of carbonyl (C=O) groups is 1. The van der Waals surface area contributed by atoms with Gasteiger partial charge in [0.1, 0.15) is 5.60 Å². The maximum Gasteiger partial charge on any atom is 0.392 e. The van der Waals surface area contributed by atoms with Crippen LogP contribution in [-0.4, -0.2) is 23.7 Å². The highest BCUT2D eigenvalue weighted by molar-refractivity contribution is 7.10. The lowest BCUT2D eigenvalue weighted by Gasteiger charge is -2.33. The molecule has 0 bridgehead atoms. The first-order valence-electron chi connectivity index (χ1n) is 7.32. The van der Waals surface area contributed by atoms with Gasteiger partial charge in [0.05, 0.1) is 12.5 Å². The fraction of sp³-hybridized carbons (Fsp3) is 0.667. The Morgan fingerprint density at radius 3 is 2.68 bits per heavy atom. The normalized spacial score (nSPS) is 25.5. The number of aliphatic hydroxyl groups is 1. The van der Waals surface area contributed by atoms with E-state index in [-0.39, 0.29) is 19.4 Å². The second kappa shape index (κ2) is 6.58. The monoisotopic (exact) mass is 335 g/mol. The molecule has 1 aromatic rings. The van der Waals surface area contributed by atoms with Crippen LogP contribution in [0.1, 0.15) is 37.5 Å². The van der Waals surface area contributed by atoms with Crippen molar-refractivity contribution in [2.24, 2.45) is 11.8 Å². The van der Waals surface area contributed by atoms with E-state index in [2.05, 4.69) is 5.32 Å². The van der Waals surface area contributed by atoms with Crippen LogP contribution in [0.5, 0.6) is 0 Å². The molecule has 1 aliphatic rings. The SMILES string of the molecule is CC(O)(CNC(=O)C1CCCCC1C(F)(F)F)c1cccs1. The van der Waals surface area contributed by atoms with Gasteiger partial charge in [-0.25, -0.2) is 0 Å². The molecule has 0 aromatic carbocycles. The first-order valence-corrected chi connectivity index (χ1v) is 8.20. The number of rotatable bonds is 4. The minimum Gasteiger partial charge on any atom is -0.383 e. The Bertz CT molecular complexity index is 499. The quantitative estimate of drug-likeness (QED) is 0.885. The average molecular weight is 335 g/mol. The van der Waals surface area contributed by atoms with Crippen LogP contribution in [0.15, 0.2) is 17.5 Å². The van der Waals surface area contributed by atoms with Gasteiger partial charge in [-0.1, -0.05) is 18.9 Å². The second-order valence-corrected chi connectivity index (χ2v) is 6.96. The Morgan fingerprint density at radius 1 is 1.41 bits per heavy atom. The topological polar surface area (TPSA) is 49.3 Å². The highest BCUT2D eigenvalue weighted by Gasteiger charge is 2.48. The van der Waals surface area contributed by atoms with Crippen molar-refractivity contribution in [3.05, 3.63) is 22.4 Å². The van der Waals surface area contributed by atoms with Gasteiger partial charge in [-0.2, -0.15) is 13.2 Å². The molecule has 1 aromatic heterocycles. The van der Waals surface area contributed by atoms with Crippen LogP contribution in [-0.2, 0) is 10.4 Å². The minimum absolute atomic E-state index is 0.00288. The van der Waals surface area contributed by atoms with Crippen LogP contribution in [0.2, 0.25) is 0 Å². The molecule has 2 rings (SSSR count). The van der Waals surface area contributed by atoms with E-state index < -0.39 is 29.5 Å². The summed E-state index contributed by atoms with van der Waals surface area (Å²) >= 11 is 1.34. The van der Waals surface area contributed by atoms with Crippen molar-refractivity contribution in [1.29, 1.82) is 0 Å². The lowest BCUT2D eigenvalue weighted by atomic mass is 9.78. The van der Waals surface area contributed by atoms with Crippen LogP contribution in [0, 0.1) is 11.8 Å². The predicted molar refractivity (Wildman–Crippen MR) is 78.4 cm³/mol. The zero-order chi connectivity index (χ0) is 16.4. The minimum atomic E-state index is -4.35. The maximum absolute atomic E-state index is 13.0. The van der Waals surface area contributed by atoms with Crippen LogP contribution in [0.4, 0.5) is 13.2 Å². The van der Waals surface area contributed by atoms with Gasteiger partial charge in [0.15, 0.2) is 0 Å². The number of hydrogen-bond acceptors (Lipinski definition) is 3. The summed E-state index contributed by atoms with van der Waals surface area (Å²) in [5.41, 5.74) is -1.27. The Hall–Kier alpha value is -1.08. The molecule has 1 saturated carbocycles. The van der Waals surface area contributed by atoms with Crippen molar-refractivity contribution >= 4 is 17.2 Å². The molecule has 0 aliphatic heterocycles. The molecule has 1 fully saturated rings. The van der Waals surface area contributed by atoms with Gasteiger partial charge in [-0.05, 0) is 31.2 Å². The molecule has 3 atom stereocenters. The summed E-state index contributed by atoms with van der Waals surface area (Å²) in [6, 6.07) is 3.51. The zero-order valence-electron chi connectivity index (χ0n) is 12.3. The number of amides is 1. The molecular formula is C15H20F3NO2S. The van der Waals surface area contributed by atoms with E-state index in [9.17, 15) is 23.1 Å². The molecule has 124 valence electrons. The molecule has 22 heavy (non-hydrogen) atoms. The lowest BCUT2D eigenvalue weighted by molar-refractivity contribution is -0.198. The van der Waals surface area contributed by atoms with E-state index in [1.165, 1.54) is 11.3 Å². The van der Waals surface area contributed by atoms with Crippen LogP contribution in [0.25, 0.3) is 0 Å². The van der Waals surface area contributed by atoms with Gasteiger partial charge in [0, 0.05) is 10.8 Å². The summed E-state index contributed by atoms with van der Waals surface area (Å²) in [6.45, 7) is 1.45. The predicted octanol–water partition coefficient (Wildman–Crippen LogP) is 3.44. The fourth-order valence-electron chi connectivity index (χ4n) is 2.90. The molecule has 2 N–H and O–H groups in total. The first-order chi connectivity index (χ1) is 10.2. The van der Waals surface area contributed by atoms with E-state index in [1.807, 2.05) is 0 Å². The number of carbonyl (C=O) groups excluding carboxylic acids is 1. The zero-order valence-corrected chi connectivity index (χ0v) is 13.1. The summed E-state index contributed by atoms with van der Waals surface area (Å²) in [4.78, 5) is 12.8. The Kier molecular flexibility index (Phi) is 5.17. The number of nitrogens with one attached hydrogen (secondary N) is 1. The highest BCUT2D eigenvalue weighted by atomic mass is 32.1. The van der Waals surface area contributed by atoms with Crippen LogP contribution < -0.4 is 5.32 Å². The number of hydrogen-bond donors (Lipinski definition) is 2. The Balaban J connectivity index is 1.99. The van der Waals surface area contributed by atoms with Gasteiger partial charge in [-0.3, -0.25) is 4.79 Å². The third-order valence-corrected chi connectivity index (χ3v) is 5.30. The third-order valence-electron chi connectivity index (χ3n) is 4.18. The fourth-order valence-corrected chi connectivity index (χ4v) is 3.69. The summed E-state index contributed by atoms with van der Waals surface area (Å²) in [6.07, 6.45) is -2.97. The molecule has 0 spiro atoms. The van der Waals surface area contributed by atoms with Gasteiger partial charge in [-0.15, -0.1) is 11.3 Å². The van der Waals surface area contributed by atoms with Crippen molar-refractivity contribution in [3.8, 4) is 0 Å². The van der Waals surface area contributed by atoms with Gasteiger partial charge in [0.2, 0.25) is 5.91 Å². The Morgan fingerprint density at radius 2 is 2.09 bits per heavy atom. The molecule has 1 aliphatic carbocycles. The van der Waals surface area contributed by atoms with Gasteiger partial charge < -0.3 is 10.4 Å². The molecule has 7 heteroatoms. The number of halogens is 3.